The molecule has 0 amide bonds. The molecule has 0 aliphatic rings. The van der Waals surface area contributed by atoms with Gasteiger partial charge in [0.25, 0.3) is 0 Å². The van der Waals surface area contributed by atoms with Crippen LogP contribution in [0, 0.1) is 12.7 Å². The highest BCUT2D eigenvalue weighted by Gasteiger charge is 2.17. The van der Waals surface area contributed by atoms with Crippen LogP contribution in [0.25, 0.3) is 56.0 Å². The lowest BCUT2D eigenvalue weighted by molar-refractivity contribution is 0.425. The van der Waals surface area contributed by atoms with E-state index in [1.807, 2.05) is 51.5 Å². The van der Waals surface area contributed by atoms with Gasteiger partial charge in [0.1, 0.15) is 17.0 Å². The second kappa shape index (κ2) is 9.64. The first-order valence-electron chi connectivity index (χ1n) is 12.3. The van der Waals surface area contributed by atoms with Crippen LogP contribution < -0.4 is 5.32 Å². The topological polar surface area (TPSA) is 111 Å². The molecule has 10 heteroatoms. The molecule has 0 saturated heterocycles. The molecule has 0 atom stereocenters. The number of H-pyrrole nitrogens is 2. The molecular weight excluding hydrogens is 481 g/mol. The summed E-state index contributed by atoms with van der Waals surface area (Å²) in [5.74, 6) is 0.257. The lowest BCUT2D eigenvalue weighted by Crippen LogP contribution is -2.20. The third kappa shape index (κ3) is 4.46. The fourth-order valence-electron chi connectivity index (χ4n) is 4.51. The molecule has 5 aromatic heterocycles. The van der Waals surface area contributed by atoms with E-state index in [-0.39, 0.29) is 5.82 Å². The number of nitrogens with zero attached hydrogens (tertiary/aromatic N) is 6. The van der Waals surface area contributed by atoms with Gasteiger partial charge in [-0.25, -0.2) is 14.4 Å². The third-order valence-corrected chi connectivity index (χ3v) is 6.46. The highest BCUT2D eigenvalue weighted by Crippen LogP contribution is 2.33. The molecule has 6 aromatic rings. The van der Waals surface area contributed by atoms with Crippen LogP contribution in [-0.2, 0) is 0 Å². The number of pyridine rings is 3. The number of anilines is 1. The van der Waals surface area contributed by atoms with Gasteiger partial charge >= 0.3 is 0 Å². The van der Waals surface area contributed by atoms with Crippen LogP contribution in [0.2, 0.25) is 0 Å². The number of nitrogens with one attached hydrogen (secondary N) is 3. The quantitative estimate of drug-likeness (QED) is 0.277. The number of hydrogen-bond donors (Lipinski definition) is 3. The number of rotatable bonds is 7. The Labute approximate surface area is 218 Å². The summed E-state index contributed by atoms with van der Waals surface area (Å²) in [5, 5.41) is 11.6. The molecule has 6 rings (SSSR count). The van der Waals surface area contributed by atoms with Gasteiger partial charge in [-0.1, -0.05) is 0 Å². The summed E-state index contributed by atoms with van der Waals surface area (Å²) in [6, 6.07) is 10.7. The Kier molecular flexibility index (Phi) is 6.01. The third-order valence-electron chi connectivity index (χ3n) is 6.46. The Bertz CT molecular complexity index is 1770. The molecule has 0 fully saturated rings. The van der Waals surface area contributed by atoms with Gasteiger partial charge in [-0.15, -0.1) is 0 Å². The Morgan fingerprint density at radius 3 is 2.74 bits per heavy atom. The highest BCUT2D eigenvalue weighted by molar-refractivity contribution is 5.96. The van der Waals surface area contributed by atoms with Crippen molar-refractivity contribution in [3.05, 3.63) is 72.6 Å². The first-order chi connectivity index (χ1) is 18.5. The van der Waals surface area contributed by atoms with E-state index in [1.165, 1.54) is 12.1 Å². The van der Waals surface area contributed by atoms with Crippen molar-refractivity contribution < 1.29 is 4.39 Å². The summed E-state index contributed by atoms with van der Waals surface area (Å²) < 4.78 is 14.6. The molecule has 0 radical (unpaired) electrons. The smallest absolute Gasteiger partial charge is 0.181 e. The maximum atomic E-state index is 14.6. The minimum absolute atomic E-state index is 0.340. The van der Waals surface area contributed by atoms with Crippen molar-refractivity contribution in [2.45, 2.75) is 6.92 Å². The van der Waals surface area contributed by atoms with Crippen molar-refractivity contribution in [2.75, 3.05) is 32.5 Å². The van der Waals surface area contributed by atoms with Crippen LogP contribution in [0.15, 0.2) is 61.2 Å². The maximum Gasteiger partial charge on any atom is 0.181 e. The maximum absolute atomic E-state index is 14.6. The monoisotopic (exact) mass is 507 g/mol. The lowest BCUT2D eigenvalue weighted by Gasteiger charge is -2.12. The standard InChI is InChI=1S/C28H26FN9/c1-16-4-6-30-15-22(16)18-12-21-25(36-37-27(21)33-14-18)28-34-23-5-7-32-24(26(23)35-28)17-10-19(29)13-20(11-17)31-8-9-38(2)3/h4-7,10-15,31H,8-9H2,1-3H3,(H,34,35)(H,33,36,37). The molecule has 190 valence electrons. The number of likely N-dealkylation sites (N-methyl/N-ethyl adjacent to an activating group) is 1. The fourth-order valence-corrected chi connectivity index (χ4v) is 4.51. The number of aromatic amines is 2. The zero-order valence-electron chi connectivity index (χ0n) is 21.2. The van der Waals surface area contributed by atoms with Crippen LogP contribution in [0.3, 0.4) is 0 Å². The van der Waals surface area contributed by atoms with E-state index in [9.17, 15) is 4.39 Å². The predicted molar refractivity (Wildman–Crippen MR) is 147 cm³/mol. The van der Waals surface area contributed by atoms with Gasteiger partial charge in [0.05, 0.1) is 16.6 Å². The number of halogens is 1. The summed E-state index contributed by atoms with van der Waals surface area (Å²) in [4.78, 5) is 23.7. The van der Waals surface area contributed by atoms with Crippen LogP contribution in [0.5, 0.6) is 0 Å². The van der Waals surface area contributed by atoms with Gasteiger partial charge in [0.2, 0.25) is 0 Å². The van der Waals surface area contributed by atoms with E-state index >= 15 is 0 Å². The molecular formula is C28H26FN9. The molecule has 0 spiro atoms. The Morgan fingerprint density at radius 1 is 1.00 bits per heavy atom. The van der Waals surface area contributed by atoms with Gasteiger partial charge in [-0.2, -0.15) is 5.10 Å². The second-order valence-electron chi connectivity index (χ2n) is 9.48. The summed E-state index contributed by atoms with van der Waals surface area (Å²) in [5.41, 5.74) is 7.71. The van der Waals surface area contributed by atoms with Gasteiger partial charge < -0.3 is 15.2 Å². The van der Waals surface area contributed by atoms with Crippen molar-refractivity contribution in [2.24, 2.45) is 0 Å². The van der Waals surface area contributed by atoms with Crippen molar-refractivity contribution in [1.82, 2.24) is 40.0 Å². The van der Waals surface area contributed by atoms with E-state index < -0.39 is 0 Å². The Hall–Kier alpha value is -4.70. The van der Waals surface area contributed by atoms with E-state index in [0.717, 1.165) is 34.1 Å². The predicted octanol–water partition coefficient (Wildman–Crippen LogP) is 5.05. The van der Waals surface area contributed by atoms with Gasteiger partial charge in [0.15, 0.2) is 11.5 Å². The van der Waals surface area contributed by atoms with Crippen molar-refractivity contribution in [3.63, 3.8) is 0 Å². The van der Waals surface area contributed by atoms with Crippen molar-refractivity contribution in [1.29, 1.82) is 0 Å². The fraction of sp³-hybridized carbons (Fsp3) is 0.179. The van der Waals surface area contributed by atoms with Crippen molar-refractivity contribution in [3.8, 4) is 33.9 Å². The number of aromatic nitrogens is 7. The van der Waals surface area contributed by atoms with E-state index in [1.54, 1.807) is 18.6 Å². The average molecular weight is 508 g/mol. The van der Waals surface area contributed by atoms with Gasteiger partial charge in [-0.05, 0) is 63.0 Å². The first kappa shape index (κ1) is 23.7. The molecule has 0 unspecified atom stereocenters. The molecule has 0 saturated carbocycles. The number of benzene rings is 1. The number of fused-ring (bicyclic) bond motifs is 2. The molecule has 3 N–H and O–H groups in total. The number of aryl methyl sites for hydroxylation is 1. The first-order valence-corrected chi connectivity index (χ1v) is 12.3. The Balaban J connectivity index is 1.41. The van der Waals surface area contributed by atoms with Crippen LogP contribution in [-0.4, -0.2) is 67.2 Å². The summed E-state index contributed by atoms with van der Waals surface area (Å²) >= 11 is 0. The highest BCUT2D eigenvalue weighted by atomic mass is 19.1. The van der Waals surface area contributed by atoms with Crippen molar-refractivity contribution >= 4 is 27.8 Å². The zero-order valence-corrected chi connectivity index (χ0v) is 21.2. The molecule has 38 heavy (non-hydrogen) atoms. The number of hydrogen-bond acceptors (Lipinski definition) is 7. The minimum Gasteiger partial charge on any atom is -0.384 e. The molecule has 1 aromatic carbocycles. The molecule has 0 bridgehead atoms. The Morgan fingerprint density at radius 2 is 1.89 bits per heavy atom. The average Bonchev–Trinajstić information content (AvgIpc) is 3.52. The van der Waals surface area contributed by atoms with E-state index in [4.69, 9.17) is 4.98 Å². The van der Waals surface area contributed by atoms with Gasteiger partial charge in [0, 0.05) is 60.3 Å². The SMILES string of the molecule is Cc1ccncc1-c1cnc2n[nH]c(-c3nc4c(-c5cc(F)cc(NCCN(C)C)c5)nccc4[nH]3)c2c1. The van der Waals surface area contributed by atoms with Crippen LogP contribution >= 0.6 is 0 Å². The van der Waals surface area contributed by atoms with Gasteiger partial charge in [-0.3, -0.25) is 15.1 Å². The molecule has 0 aliphatic heterocycles. The molecule has 9 nitrogen and oxygen atoms in total. The van der Waals surface area contributed by atoms with Crippen LogP contribution in [0.4, 0.5) is 10.1 Å². The van der Waals surface area contributed by atoms with Crippen LogP contribution in [0.1, 0.15) is 5.56 Å². The molecule has 0 aliphatic carbocycles. The minimum atomic E-state index is -0.340. The molecule has 5 heterocycles. The summed E-state index contributed by atoms with van der Waals surface area (Å²) in [6.07, 6.45) is 7.10. The normalized spacial score (nSPS) is 11.6. The lowest BCUT2D eigenvalue weighted by atomic mass is 10.0. The van der Waals surface area contributed by atoms with E-state index in [0.29, 0.717) is 46.2 Å². The summed E-state index contributed by atoms with van der Waals surface area (Å²) in [7, 11) is 4.00. The van der Waals surface area contributed by atoms with E-state index in [2.05, 4.69) is 40.3 Å². The summed E-state index contributed by atoms with van der Waals surface area (Å²) in [6.45, 7) is 3.57. The second-order valence-corrected chi connectivity index (χ2v) is 9.48. The zero-order chi connectivity index (χ0) is 26.2. The number of imidazole rings is 1. The largest absolute Gasteiger partial charge is 0.384 e.